The number of sulfonamides is 1. The van der Waals surface area contributed by atoms with Gasteiger partial charge in [0.1, 0.15) is 0 Å². The number of nitrogens with two attached hydrogens (primary N) is 1. The normalized spacial score (nSPS) is 11.4. The van der Waals surface area contributed by atoms with Gasteiger partial charge in [-0.3, -0.25) is 0 Å². The molecule has 0 spiro atoms. The molecule has 0 amide bonds. The summed E-state index contributed by atoms with van der Waals surface area (Å²) in [7, 11) is -3.49. The van der Waals surface area contributed by atoms with Crippen molar-refractivity contribution in [1.29, 1.82) is 0 Å². The molecule has 4 nitrogen and oxygen atoms in total. The van der Waals surface area contributed by atoms with Gasteiger partial charge in [0.25, 0.3) is 0 Å². The Hall–Kier alpha value is -1.33. The number of aryl methyl sites for hydroxylation is 1. The molecule has 1 aromatic carbocycles. The summed E-state index contributed by atoms with van der Waals surface area (Å²) in [6, 6.07) is 3.25. The van der Waals surface area contributed by atoms with Crippen LogP contribution >= 0.6 is 0 Å². The Morgan fingerprint density at radius 2 is 2.06 bits per heavy atom. The summed E-state index contributed by atoms with van der Waals surface area (Å²) in [6.07, 6.45) is 2.26. The topological polar surface area (TPSA) is 72.2 Å². The quantitative estimate of drug-likeness (QED) is 0.477. The summed E-state index contributed by atoms with van der Waals surface area (Å²) in [5.74, 6) is 0. The van der Waals surface area contributed by atoms with Crippen molar-refractivity contribution in [3.8, 4) is 0 Å². The smallest absolute Gasteiger partial charge is 0.240 e. The lowest BCUT2D eigenvalue weighted by atomic mass is 10.1. The van der Waals surface area contributed by atoms with Crippen LogP contribution in [0.15, 0.2) is 29.7 Å². The lowest BCUT2D eigenvalue weighted by Gasteiger charge is -2.11. The molecule has 1 aromatic rings. The number of hydrogen-bond acceptors (Lipinski definition) is 3. The largest absolute Gasteiger partial charge is 0.399 e. The van der Waals surface area contributed by atoms with E-state index in [1.54, 1.807) is 19.1 Å². The molecular weight excluding hydrogens is 236 g/mol. The van der Waals surface area contributed by atoms with Gasteiger partial charge in [-0.2, -0.15) is 0 Å². The van der Waals surface area contributed by atoms with Gasteiger partial charge in [0.2, 0.25) is 10.0 Å². The Labute approximate surface area is 103 Å². The maximum absolute atomic E-state index is 12.0. The number of hydrogen-bond donors (Lipinski definition) is 2. The highest BCUT2D eigenvalue weighted by Gasteiger charge is 2.17. The molecule has 94 valence electrons. The Kier molecular flexibility index (Phi) is 4.31. The first-order chi connectivity index (χ1) is 7.88. The first kappa shape index (κ1) is 13.7. The van der Waals surface area contributed by atoms with E-state index in [-0.39, 0.29) is 4.90 Å². The molecule has 0 radical (unpaired) electrons. The third-order valence-corrected chi connectivity index (χ3v) is 4.16. The number of anilines is 1. The summed E-state index contributed by atoms with van der Waals surface area (Å²) in [4.78, 5) is 0.249. The maximum atomic E-state index is 12.0. The minimum Gasteiger partial charge on any atom is -0.399 e. The molecule has 3 N–H and O–H groups in total. The van der Waals surface area contributed by atoms with Crippen LogP contribution in [-0.4, -0.2) is 15.0 Å². The SMILES string of the molecule is C=CCCNS(=O)(=O)c1cc(N)cc(C)c1C. The molecule has 0 saturated carbocycles. The van der Waals surface area contributed by atoms with E-state index in [0.29, 0.717) is 18.7 Å². The molecule has 0 aromatic heterocycles. The minimum atomic E-state index is -3.49. The third-order valence-electron chi connectivity index (χ3n) is 2.57. The fraction of sp³-hybridized carbons (Fsp3) is 0.333. The average Bonchev–Trinajstić information content (AvgIpc) is 2.23. The van der Waals surface area contributed by atoms with Crippen LogP contribution in [0.1, 0.15) is 17.5 Å². The number of nitrogens with one attached hydrogen (secondary N) is 1. The monoisotopic (exact) mass is 254 g/mol. The van der Waals surface area contributed by atoms with Crippen molar-refractivity contribution >= 4 is 15.7 Å². The average molecular weight is 254 g/mol. The molecule has 0 heterocycles. The molecule has 0 fully saturated rings. The number of nitrogen functional groups attached to an aromatic ring is 1. The predicted octanol–water partition coefficient (Wildman–Crippen LogP) is 1.74. The summed E-state index contributed by atoms with van der Waals surface area (Å²) in [6.45, 7) is 7.51. The second-order valence-electron chi connectivity index (χ2n) is 3.94. The zero-order chi connectivity index (χ0) is 13.1. The summed E-state index contributed by atoms with van der Waals surface area (Å²) in [5, 5.41) is 0. The Morgan fingerprint density at radius 1 is 1.41 bits per heavy atom. The molecule has 17 heavy (non-hydrogen) atoms. The fourth-order valence-corrected chi connectivity index (χ4v) is 2.90. The Balaban J connectivity index is 3.10. The van der Waals surface area contributed by atoms with Crippen molar-refractivity contribution in [3.05, 3.63) is 35.9 Å². The van der Waals surface area contributed by atoms with Crippen molar-refractivity contribution in [2.24, 2.45) is 0 Å². The Bertz CT molecular complexity index is 522. The second kappa shape index (κ2) is 5.33. The van der Waals surface area contributed by atoms with E-state index in [2.05, 4.69) is 11.3 Å². The first-order valence-corrected chi connectivity index (χ1v) is 6.84. The van der Waals surface area contributed by atoms with E-state index in [9.17, 15) is 8.42 Å². The van der Waals surface area contributed by atoms with Crippen molar-refractivity contribution in [2.75, 3.05) is 12.3 Å². The van der Waals surface area contributed by atoms with E-state index in [0.717, 1.165) is 11.1 Å². The highest BCUT2D eigenvalue weighted by atomic mass is 32.2. The van der Waals surface area contributed by atoms with E-state index in [1.807, 2.05) is 6.92 Å². The molecule has 5 heteroatoms. The highest BCUT2D eigenvalue weighted by Crippen LogP contribution is 2.22. The van der Waals surface area contributed by atoms with E-state index >= 15 is 0 Å². The second-order valence-corrected chi connectivity index (χ2v) is 5.67. The van der Waals surface area contributed by atoms with Gasteiger partial charge in [-0.15, -0.1) is 6.58 Å². The van der Waals surface area contributed by atoms with Crippen LogP contribution < -0.4 is 10.5 Å². The van der Waals surface area contributed by atoms with Crippen LogP contribution in [0.4, 0.5) is 5.69 Å². The minimum absolute atomic E-state index is 0.249. The van der Waals surface area contributed by atoms with Crippen molar-refractivity contribution in [2.45, 2.75) is 25.2 Å². The standard InChI is InChI=1S/C12H18N2O2S/c1-4-5-6-14-17(15,16)12-8-11(13)7-9(2)10(12)3/h4,7-8,14H,1,5-6,13H2,2-3H3. The Morgan fingerprint density at radius 3 is 2.65 bits per heavy atom. The third kappa shape index (κ3) is 3.31. The molecule has 0 aliphatic carbocycles. The van der Waals surface area contributed by atoms with Crippen LogP contribution in [0.3, 0.4) is 0 Å². The van der Waals surface area contributed by atoms with Crippen LogP contribution in [0.25, 0.3) is 0 Å². The van der Waals surface area contributed by atoms with Crippen LogP contribution in [-0.2, 0) is 10.0 Å². The van der Waals surface area contributed by atoms with Crippen molar-refractivity contribution in [1.82, 2.24) is 4.72 Å². The van der Waals surface area contributed by atoms with E-state index in [4.69, 9.17) is 5.73 Å². The molecule has 0 bridgehead atoms. The van der Waals surface area contributed by atoms with Crippen LogP contribution in [0.5, 0.6) is 0 Å². The molecule has 1 rings (SSSR count). The van der Waals surface area contributed by atoms with Gasteiger partial charge >= 0.3 is 0 Å². The van der Waals surface area contributed by atoms with Gasteiger partial charge in [-0.05, 0) is 43.5 Å². The zero-order valence-electron chi connectivity index (χ0n) is 10.2. The van der Waals surface area contributed by atoms with Crippen molar-refractivity contribution in [3.63, 3.8) is 0 Å². The molecule has 0 aliphatic rings. The van der Waals surface area contributed by atoms with E-state index in [1.165, 1.54) is 6.07 Å². The number of benzene rings is 1. The van der Waals surface area contributed by atoms with Gasteiger partial charge in [0.05, 0.1) is 4.90 Å². The molecule has 0 aliphatic heterocycles. The summed E-state index contributed by atoms with van der Waals surface area (Å²) < 4.78 is 26.6. The molecule has 0 atom stereocenters. The van der Waals surface area contributed by atoms with Gasteiger partial charge in [-0.1, -0.05) is 6.08 Å². The first-order valence-electron chi connectivity index (χ1n) is 5.36. The lowest BCUT2D eigenvalue weighted by Crippen LogP contribution is -2.25. The lowest BCUT2D eigenvalue weighted by molar-refractivity contribution is 0.581. The maximum Gasteiger partial charge on any atom is 0.240 e. The van der Waals surface area contributed by atoms with Crippen LogP contribution in [0.2, 0.25) is 0 Å². The van der Waals surface area contributed by atoms with Gasteiger partial charge in [0.15, 0.2) is 0 Å². The van der Waals surface area contributed by atoms with Gasteiger partial charge in [-0.25, -0.2) is 13.1 Å². The molecular formula is C12H18N2O2S. The number of rotatable bonds is 5. The zero-order valence-corrected chi connectivity index (χ0v) is 11.0. The van der Waals surface area contributed by atoms with E-state index < -0.39 is 10.0 Å². The summed E-state index contributed by atoms with van der Waals surface area (Å²) >= 11 is 0. The predicted molar refractivity (Wildman–Crippen MR) is 70.3 cm³/mol. The van der Waals surface area contributed by atoms with Gasteiger partial charge in [0, 0.05) is 12.2 Å². The van der Waals surface area contributed by atoms with Crippen molar-refractivity contribution < 1.29 is 8.42 Å². The molecule has 0 unspecified atom stereocenters. The van der Waals surface area contributed by atoms with Crippen LogP contribution in [0, 0.1) is 13.8 Å². The molecule has 0 saturated heterocycles. The van der Waals surface area contributed by atoms with Gasteiger partial charge < -0.3 is 5.73 Å². The fourth-order valence-electron chi connectivity index (χ4n) is 1.51. The highest BCUT2D eigenvalue weighted by molar-refractivity contribution is 7.89. The summed E-state index contributed by atoms with van der Waals surface area (Å²) in [5.41, 5.74) is 7.72.